The molecule has 1 fully saturated rings. The molecule has 17 heavy (non-hydrogen) atoms. The second-order valence-corrected chi connectivity index (χ2v) is 5.38. The van der Waals surface area contributed by atoms with Crippen LogP contribution in [0.25, 0.3) is 0 Å². The first-order valence-corrected chi connectivity index (χ1v) is 6.60. The minimum atomic E-state index is 0.0499. The lowest BCUT2D eigenvalue weighted by atomic mass is 9.92. The summed E-state index contributed by atoms with van der Waals surface area (Å²) in [4.78, 5) is 2.40. The van der Waals surface area contributed by atoms with Crippen LogP contribution >= 0.6 is 0 Å². The van der Waals surface area contributed by atoms with Crippen molar-refractivity contribution in [1.82, 2.24) is 4.90 Å². The number of rotatable bonds is 7. The smallest absolute Gasteiger partial charge is 0.0480 e. The van der Waals surface area contributed by atoms with Crippen molar-refractivity contribution in [3.63, 3.8) is 0 Å². The van der Waals surface area contributed by atoms with Crippen LogP contribution in [0.4, 0.5) is 0 Å². The van der Waals surface area contributed by atoms with Gasteiger partial charge in [0.2, 0.25) is 0 Å². The molecule has 0 aromatic rings. The molecule has 0 spiro atoms. The number of likely N-dealkylation sites (N-methyl/N-ethyl adjacent to an activating group) is 1. The summed E-state index contributed by atoms with van der Waals surface area (Å²) in [7, 11) is 3.92. The van der Waals surface area contributed by atoms with Gasteiger partial charge < -0.3 is 15.2 Å². The van der Waals surface area contributed by atoms with E-state index < -0.39 is 0 Å². The molecule has 1 aliphatic heterocycles. The van der Waals surface area contributed by atoms with Gasteiger partial charge in [-0.25, -0.2) is 0 Å². The molecule has 4 heteroatoms. The zero-order chi connectivity index (χ0) is 12.7. The predicted molar refractivity (Wildman–Crippen MR) is 70.1 cm³/mol. The summed E-state index contributed by atoms with van der Waals surface area (Å²) in [6, 6.07) is 0. The van der Waals surface area contributed by atoms with Crippen LogP contribution in [0.5, 0.6) is 0 Å². The van der Waals surface area contributed by atoms with E-state index in [0.717, 1.165) is 38.7 Å². The Balaban J connectivity index is 2.43. The monoisotopic (exact) mass is 244 g/mol. The van der Waals surface area contributed by atoms with Crippen molar-refractivity contribution in [3.8, 4) is 0 Å². The third kappa shape index (κ3) is 4.54. The lowest BCUT2D eigenvalue weighted by Gasteiger charge is -2.40. The van der Waals surface area contributed by atoms with Crippen LogP contribution in [0.3, 0.4) is 0 Å². The lowest BCUT2D eigenvalue weighted by molar-refractivity contribution is 0.0292. The Morgan fingerprint density at radius 3 is 2.59 bits per heavy atom. The molecule has 0 aromatic heterocycles. The highest BCUT2D eigenvalue weighted by atomic mass is 16.5. The molecule has 1 atom stereocenters. The van der Waals surface area contributed by atoms with Gasteiger partial charge in [0.15, 0.2) is 0 Å². The Morgan fingerprint density at radius 2 is 2.06 bits per heavy atom. The molecule has 1 rings (SSSR count). The van der Waals surface area contributed by atoms with Gasteiger partial charge in [0, 0.05) is 45.6 Å². The van der Waals surface area contributed by atoms with Crippen LogP contribution in [0.2, 0.25) is 0 Å². The van der Waals surface area contributed by atoms with Crippen LogP contribution in [0, 0.1) is 5.92 Å². The molecule has 0 amide bonds. The molecule has 1 unspecified atom stereocenters. The van der Waals surface area contributed by atoms with Crippen molar-refractivity contribution in [1.29, 1.82) is 0 Å². The third-order valence-electron chi connectivity index (χ3n) is 4.08. The van der Waals surface area contributed by atoms with Crippen molar-refractivity contribution in [2.75, 3.05) is 47.1 Å². The summed E-state index contributed by atoms with van der Waals surface area (Å²) in [5.74, 6) is 0.752. The van der Waals surface area contributed by atoms with E-state index >= 15 is 0 Å². The summed E-state index contributed by atoms with van der Waals surface area (Å²) < 4.78 is 10.6. The lowest BCUT2D eigenvalue weighted by Crippen LogP contribution is -2.52. The molecule has 0 saturated carbocycles. The average Bonchev–Trinajstić information content (AvgIpc) is 2.37. The third-order valence-corrected chi connectivity index (χ3v) is 4.08. The van der Waals surface area contributed by atoms with Crippen LogP contribution in [-0.4, -0.2) is 57.5 Å². The molecule has 1 saturated heterocycles. The van der Waals surface area contributed by atoms with Gasteiger partial charge in [-0.1, -0.05) is 0 Å². The highest BCUT2D eigenvalue weighted by molar-refractivity contribution is 4.86. The minimum Gasteiger partial charge on any atom is -0.385 e. The molecule has 4 nitrogen and oxygen atoms in total. The van der Waals surface area contributed by atoms with Crippen LogP contribution in [0.15, 0.2) is 0 Å². The Morgan fingerprint density at radius 1 is 1.41 bits per heavy atom. The Bertz CT molecular complexity index is 208. The highest BCUT2D eigenvalue weighted by Crippen LogP contribution is 2.22. The fourth-order valence-corrected chi connectivity index (χ4v) is 2.31. The van der Waals surface area contributed by atoms with Crippen molar-refractivity contribution < 1.29 is 9.47 Å². The van der Waals surface area contributed by atoms with Crippen LogP contribution < -0.4 is 5.73 Å². The molecule has 0 bridgehead atoms. The van der Waals surface area contributed by atoms with Gasteiger partial charge in [0.25, 0.3) is 0 Å². The van der Waals surface area contributed by atoms with E-state index in [2.05, 4.69) is 18.9 Å². The van der Waals surface area contributed by atoms with E-state index in [9.17, 15) is 0 Å². The Hall–Kier alpha value is -0.160. The molecule has 1 aliphatic rings. The summed E-state index contributed by atoms with van der Waals surface area (Å²) in [6.07, 6.45) is 3.34. The topological polar surface area (TPSA) is 47.7 Å². The van der Waals surface area contributed by atoms with Crippen molar-refractivity contribution in [2.45, 2.75) is 31.7 Å². The molecular weight excluding hydrogens is 216 g/mol. The first kappa shape index (κ1) is 14.9. The fourth-order valence-electron chi connectivity index (χ4n) is 2.31. The van der Waals surface area contributed by atoms with Crippen LogP contribution in [-0.2, 0) is 9.47 Å². The SMILES string of the molecule is COCCC(C)(CN)N(C)CC1CCOCC1. The fraction of sp³-hybridized carbons (Fsp3) is 1.00. The maximum absolute atomic E-state index is 5.93. The maximum atomic E-state index is 5.93. The van der Waals surface area contributed by atoms with Gasteiger partial charge in [-0.3, -0.25) is 4.90 Å². The number of hydrogen-bond acceptors (Lipinski definition) is 4. The Kier molecular flexibility index (Phi) is 6.41. The minimum absolute atomic E-state index is 0.0499. The van der Waals surface area contributed by atoms with Crippen molar-refractivity contribution in [3.05, 3.63) is 0 Å². The molecule has 102 valence electrons. The number of nitrogens with zero attached hydrogens (tertiary/aromatic N) is 1. The van der Waals surface area contributed by atoms with Crippen molar-refractivity contribution in [2.24, 2.45) is 11.7 Å². The van der Waals surface area contributed by atoms with Gasteiger partial charge in [-0.15, -0.1) is 0 Å². The van der Waals surface area contributed by atoms with Gasteiger partial charge in [0.1, 0.15) is 0 Å². The standard InChI is InChI=1S/C13H28N2O2/c1-13(11-14,6-9-16-3)15(2)10-12-4-7-17-8-5-12/h12H,4-11,14H2,1-3H3. The first-order valence-electron chi connectivity index (χ1n) is 6.60. The quantitative estimate of drug-likeness (QED) is 0.728. The summed E-state index contributed by atoms with van der Waals surface area (Å²) in [5.41, 5.74) is 5.98. The molecule has 0 radical (unpaired) electrons. The maximum Gasteiger partial charge on any atom is 0.0480 e. The number of nitrogens with two attached hydrogens (primary N) is 1. The van der Waals surface area contributed by atoms with E-state index in [1.807, 2.05) is 0 Å². The molecule has 0 aromatic carbocycles. The van der Waals surface area contributed by atoms with Gasteiger partial charge in [-0.05, 0) is 39.2 Å². The van der Waals surface area contributed by atoms with E-state index in [-0.39, 0.29) is 5.54 Å². The molecular formula is C13H28N2O2. The van der Waals surface area contributed by atoms with E-state index in [0.29, 0.717) is 6.54 Å². The van der Waals surface area contributed by atoms with Gasteiger partial charge >= 0.3 is 0 Å². The van der Waals surface area contributed by atoms with E-state index in [1.54, 1.807) is 7.11 Å². The van der Waals surface area contributed by atoms with E-state index in [4.69, 9.17) is 15.2 Å². The molecule has 0 aliphatic carbocycles. The normalized spacial score (nSPS) is 21.7. The summed E-state index contributed by atoms with van der Waals surface area (Å²) in [6.45, 7) is 6.61. The van der Waals surface area contributed by atoms with Gasteiger partial charge in [-0.2, -0.15) is 0 Å². The largest absolute Gasteiger partial charge is 0.385 e. The highest BCUT2D eigenvalue weighted by Gasteiger charge is 2.29. The number of methoxy groups -OCH3 is 1. The Labute approximate surface area is 105 Å². The first-order chi connectivity index (χ1) is 8.12. The second-order valence-electron chi connectivity index (χ2n) is 5.38. The summed E-state index contributed by atoms with van der Waals surface area (Å²) in [5, 5.41) is 0. The molecule has 1 heterocycles. The van der Waals surface area contributed by atoms with Crippen LogP contribution in [0.1, 0.15) is 26.2 Å². The average molecular weight is 244 g/mol. The number of hydrogen-bond donors (Lipinski definition) is 1. The van der Waals surface area contributed by atoms with Gasteiger partial charge in [0.05, 0.1) is 0 Å². The number of ether oxygens (including phenoxy) is 2. The molecule has 2 N–H and O–H groups in total. The van der Waals surface area contributed by atoms with Crippen molar-refractivity contribution >= 4 is 0 Å². The summed E-state index contributed by atoms with van der Waals surface area (Å²) >= 11 is 0. The zero-order valence-electron chi connectivity index (χ0n) is 11.6. The predicted octanol–water partition coefficient (Wildman–Crippen LogP) is 1.10. The van der Waals surface area contributed by atoms with E-state index in [1.165, 1.54) is 12.8 Å². The zero-order valence-corrected chi connectivity index (χ0v) is 11.6. The second kappa shape index (κ2) is 7.31.